The van der Waals surface area contributed by atoms with Crippen molar-refractivity contribution in [3.63, 3.8) is 0 Å². The van der Waals surface area contributed by atoms with Crippen molar-refractivity contribution in [2.24, 2.45) is 0 Å². The van der Waals surface area contributed by atoms with Gasteiger partial charge in [-0.05, 0) is 12.1 Å². The van der Waals surface area contributed by atoms with Crippen LogP contribution < -0.4 is 0 Å². The van der Waals surface area contributed by atoms with Gasteiger partial charge in [-0.2, -0.15) is 0 Å². The van der Waals surface area contributed by atoms with E-state index in [0.29, 0.717) is 32.5 Å². The van der Waals surface area contributed by atoms with Gasteiger partial charge in [0.15, 0.2) is 6.29 Å². The van der Waals surface area contributed by atoms with E-state index in [0.717, 1.165) is 6.07 Å². The zero-order valence-corrected chi connectivity index (χ0v) is 12.0. The molecule has 22 heavy (non-hydrogen) atoms. The van der Waals surface area contributed by atoms with Gasteiger partial charge < -0.3 is 9.80 Å². The SMILES string of the molecule is CC(=O)N1CCN(C(=O)c2ccc(C=O)c([N+](=O)[O-])c2)CC1. The molecule has 0 N–H and O–H groups in total. The van der Waals surface area contributed by atoms with Crippen LogP contribution >= 0.6 is 0 Å². The van der Waals surface area contributed by atoms with Gasteiger partial charge in [0.25, 0.3) is 11.6 Å². The number of aldehydes is 1. The lowest BCUT2D eigenvalue weighted by atomic mass is 10.1. The maximum Gasteiger partial charge on any atom is 0.280 e. The van der Waals surface area contributed by atoms with Crippen LogP contribution in [0.3, 0.4) is 0 Å². The van der Waals surface area contributed by atoms with Gasteiger partial charge in [0.2, 0.25) is 5.91 Å². The molecular weight excluding hydrogens is 290 g/mol. The van der Waals surface area contributed by atoms with Gasteiger partial charge in [-0.1, -0.05) is 0 Å². The van der Waals surface area contributed by atoms with Crippen LogP contribution in [-0.2, 0) is 4.79 Å². The summed E-state index contributed by atoms with van der Waals surface area (Å²) >= 11 is 0. The first kappa shape index (κ1) is 15.6. The summed E-state index contributed by atoms with van der Waals surface area (Å²) in [5.74, 6) is -0.387. The van der Waals surface area contributed by atoms with Gasteiger partial charge >= 0.3 is 0 Å². The maximum absolute atomic E-state index is 12.4. The van der Waals surface area contributed by atoms with Crippen molar-refractivity contribution < 1.29 is 19.3 Å². The van der Waals surface area contributed by atoms with Crippen molar-refractivity contribution in [1.82, 2.24) is 9.80 Å². The summed E-state index contributed by atoms with van der Waals surface area (Å²) in [6.45, 7) is 3.10. The number of nitro benzene ring substituents is 1. The normalized spacial score (nSPS) is 14.6. The van der Waals surface area contributed by atoms with E-state index in [1.807, 2.05) is 0 Å². The second kappa shape index (κ2) is 6.33. The Hall–Kier alpha value is -2.77. The molecule has 2 rings (SSSR count). The summed E-state index contributed by atoms with van der Waals surface area (Å²) in [6.07, 6.45) is 0.387. The topological polar surface area (TPSA) is 101 Å². The van der Waals surface area contributed by atoms with Gasteiger partial charge in [-0.25, -0.2) is 0 Å². The lowest BCUT2D eigenvalue weighted by Gasteiger charge is -2.34. The van der Waals surface area contributed by atoms with Crippen LogP contribution in [0.4, 0.5) is 5.69 Å². The number of piperazine rings is 1. The van der Waals surface area contributed by atoms with Gasteiger partial charge in [0, 0.05) is 44.7 Å². The first-order valence-corrected chi connectivity index (χ1v) is 6.72. The monoisotopic (exact) mass is 305 g/mol. The minimum absolute atomic E-state index is 0.0435. The molecule has 2 amide bonds. The fourth-order valence-electron chi connectivity index (χ4n) is 2.34. The standard InChI is InChI=1S/C14H15N3O5/c1-10(19)15-4-6-16(7-5-15)14(20)11-2-3-12(9-18)13(8-11)17(21)22/h2-3,8-9H,4-7H2,1H3. The maximum atomic E-state index is 12.4. The molecule has 1 aliphatic heterocycles. The number of amides is 2. The molecular formula is C14H15N3O5. The molecule has 0 atom stereocenters. The van der Waals surface area contributed by atoms with E-state index in [4.69, 9.17) is 0 Å². The number of nitro groups is 1. The van der Waals surface area contributed by atoms with Crippen molar-refractivity contribution in [3.8, 4) is 0 Å². The highest BCUT2D eigenvalue weighted by molar-refractivity contribution is 5.96. The number of rotatable bonds is 3. The van der Waals surface area contributed by atoms with Crippen LogP contribution in [0.5, 0.6) is 0 Å². The number of benzene rings is 1. The van der Waals surface area contributed by atoms with Crippen LogP contribution in [-0.4, -0.2) is 59.0 Å². The number of nitrogens with zero attached hydrogens (tertiary/aromatic N) is 3. The summed E-state index contributed by atoms with van der Waals surface area (Å²) in [6, 6.07) is 3.78. The van der Waals surface area contributed by atoms with E-state index >= 15 is 0 Å². The lowest BCUT2D eigenvalue weighted by Crippen LogP contribution is -2.50. The zero-order valence-electron chi connectivity index (χ0n) is 12.0. The molecule has 1 fully saturated rings. The third-order valence-electron chi connectivity index (χ3n) is 3.61. The van der Waals surface area contributed by atoms with Crippen molar-refractivity contribution >= 4 is 23.8 Å². The minimum atomic E-state index is -0.686. The largest absolute Gasteiger partial charge is 0.339 e. The lowest BCUT2D eigenvalue weighted by molar-refractivity contribution is -0.385. The average molecular weight is 305 g/mol. The minimum Gasteiger partial charge on any atom is -0.339 e. The molecule has 1 aliphatic rings. The molecule has 0 aliphatic carbocycles. The van der Waals surface area contributed by atoms with E-state index in [-0.39, 0.29) is 28.6 Å². The molecule has 8 nitrogen and oxygen atoms in total. The number of hydrogen-bond donors (Lipinski definition) is 0. The number of hydrogen-bond acceptors (Lipinski definition) is 5. The second-order valence-corrected chi connectivity index (χ2v) is 4.95. The summed E-state index contributed by atoms with van der Waals surface area (Å²) in [5.41, 5.74) is -0.292. The Morgan fingerprint density at radius 3 is 2.27 bits per heavy atom. The average Bonchev–Trinajstić information content (AvgIpc) is 2.53. The van der Waals surface area contributed by atoms with Gasteiger partial charge in [-0.15, -0.1) is 0 Å². The van der Waals surface area contributed by atoms with Crippen molar-refractivity contribution in [3.05, 3.63) is 39.4 Å². The Labute approximate surface area is 126 Å². The first-order chi connectivity index (χ1) is 10.4. The van der Waals surface area contributed by atoms with Crippen molar-refractivity contribution in [2.45, 2.75) is 6.92 Å². The second-order valence-electron chi connectivity index (χ2n) is 4.95. The molecule has 1 heterocycles. The Morgan fingerprint density at radius 1 is 1.18 bits per heavy atom. The molecule has 0 radical (unpaired) electrons. The van der Waals surface area contributed by atoms with Crippen LogP contribution in [0.2, 0.25) is 0 Å². The van der Waals surface area contributed by atoms with E-state index in [1.54, 1.807) is 9.80 Å². The molecule has 0 spiro atoms. The predicted molar refractivity (Wildman–Crippen MR) is 76.6 cm³/mol. The van der Waals surface area contributed by atoms with E-state index < -0.39 is 4.92 Å². The molecule has 116 valence electrons. The quantitative estimate of drug-likeness (QED) is 0.465. The first-order valence-electron chi connectivity index (χ1n) is 6.72. The Balaban J connectivity index is 2.17. The number of carbonyl (C=O) groups excluding carboxylic acids is 3. The summed E-state index contributed by atoms with van der Waals surface area (Å²) in [5, 5.41) is 10.9. The predicted octanol–water partition coefficient (Wildman–Crippen LogP) is 0.712. The molecule has 0 saturated carbocycles. The Bertz CT molecular complexity index is 635. The molecule has 0 unspecified atom stereocenters. The van der Waals surface area contributed by atoms with E-state index in [2.05, 4.69) is 0 Å². The summed E-state index contributed by atoms with van der Waals surface area (Å²) in [4.78, 5) is 47.8. The van der Waals surface area contributed by atoms with E-state index in [9.17, 15) is 24.5 Å². The summed E-state index contributed by atoms with van der Waals surface area (Å²) in [7, 11) is 0. The molecule has 8 heteroatoms. The van der Waals surface area contributed by atoms with Crippen molar-refractivity contribution in [1.29, 1.82) is 0 Å². The van der Waals surface area contributed by atoms with Crippen LogP contribution in [0.25, 0.3) is 0 Å². The molecule has 0 bridgehead atoms. The van der Waals surface area contributed by atoms with E-state index in [1.165, 1.54) is 19.1 Å². The van der Waals surface area contributed by atoms with Crippen LogP contribution in [0.15, 0.2) is 18.2 Å². The fraction of sp³-hybridized carbons (Fsp3) is 0.357. The zero-order chi connectivity index (χ0) is 16.3. The third-order valence-corrected chi connectivity index (χ3v) is 3.61. The molecule has 0 aromatic heterocycles. The van der Waals surface area contributed by atoms with Gasteiger partial charge in [-0.3, -0.25) is 24.5 Å². The molecule has 1 aromatic rings. The molecule has 1 saturated heterocycles. The number of carbonyl (C=O) groups is 3. The van der Waals surface area contributed by atoms with Gasteiger partial charge in [0.1, 0.15) is 0 Å². The molecule has 1 aromatic carbocycles. The van der Waals surface area contributed by atoms with Crippen LogP contribution in [0.1, 0.15) is 27.6 Å². The third kappa shape index (κ3) is 3.11. The van der Waals surface area contributed by atoms with Gasteiger partial charge in [0.05, 0.1) is 10.5 Å². The van der Waals surface area contributed by atoms with Crippen LogP contribution in [0, 0.1) is 10.1 Å². The highest BCUT2D eigenvalue weighted by Crippen LogP contribution is 2.20. The Morgan fingerprint density at radius 2 is 1.77 bits per heavy atom. The summed E-state index contributed by atoms with van der Waals surface area (Å²) < 4.78 is 0. The fourth-order valence-corrected chi connectivity index (χ4v) is 2.34. The van der Waals surface area contributed by atoms with Crippen molar-refractivity contribution in [2.75, 3.05) is 26.2 Å². The highest BCUT2D eigenvalue weighted by atomic mass is 16.6. The highest BCUT2D eigenvalue weighted by Gasteiger charge is 2.25. The smallest absolute Gasteiger partial charge is 0.280 e. The Kier molecular flexibility index (Phi) is 4.50.